The van der Waals surface area contributed by atoms with E-state index in [1.54, 1.807) is 41.4 Å². The largest absolute Gasteiger partial charge is 0.573 e. The van der Waals surface area contributed by atoms with Crippen LogP contribution < -0.4 is 10.1 Å². The highest BCUT2D eigenvalue weighted by atomic mass is 19.4. The molecule has 0 radical (unpaired) electrons. The van der Waals surface area contributed by atoms with Crippen LogP contribution in [-0.4, -0.2) is 25.9 Å². The van der Waals surface area contributed by atoms with E-state index in [0.29, 0.717) is 29.1 Å². The van der Waals surface area contributed by atoms with E-state index in [1.807, 2.05) is 12.1 Å². The maximum absolute atomic E-state index is 12.5. The van der Waals surface area contributed by atoms with Crippen LogP contribution in [0.4, 0.5) is 19.0 Å². The van der Waals surface area contributed by atoms with Gasteiger partial charge < -0.3 is 10.1 Å². The minimum Gasteiger partial charge on any atom is -0.406 e. The normalized spacial score (nSPS) is 11.5. The minimum absolute atomic E-state index is 0.296. The van der Waals surface area contributed by atoms with Gasteiger partial charge in [-0.25, -0.2) is 9.50 Å². The third-order valence-corrected chi connectivity index (χ3v) is 3.94. The summed E-state index contributed by atoms with van der Waals surface area (Å²) in [5.74, 6) is 0.316. The van der Waals surface area contributed by atoms with Crippen molar-refractivity contribution in [3.63, 3.8) is 0 Å². The van der Waals surface area contributed by atoms with E-state index in [-0.39, 0.29) is 5.75 Å². The molecule has 6 nitrogen and oxygen atoms in total. The van der Waals surface area contributed by atoms with Crippen molar-refractivity contribution in [3.05, 3.63) is 72.8 Å². The van der Waals surface area contributed by atoms with Crippen LogP contribution in [0.25, 0.3) is 16.8 Å². The van der Waals surface area contributed by atoms with Crippen molar-refractivity contribution >= 4 is 11.5 Å². The highest BCUT2D eigenvalue weighted by Crippen LogP contribution is 2.30. The third-order valence-electron chi connectivity index (χ3n) is 3.94. The maximum atomic E-state index is 12.5. The first-order valence-corrected chi connectivity index (χ1v) is 8.31. The van der Waals surface area contributed by atoms with Gasteiger partial charge in [-0.2, -0.15) is 5.10 Å². The van der Waals surface area contributed by atoms with Crippen molar-refractivity contribution in [1.29, 1.82) is 0 Å². The molecule has 0 fully saturated rings. The van der Waals surface area contributed by atoms with Gasteiger partial charge in [-0.1, -0.05) is 18.2 Å². The molecule has 3 heterocycles. The number of fused-ring (bicyclic) bond motifs is 1. The number of nitrogens with zero attached hydrogens (tertiary/aromatic N) is 4. The van der Waals surface area contributed by atoms with Crippen molar-refractivity contribution in [3.8, 4) is 16.9 Å². The Hall–Kier alpha value is -3.62. The Balaban J connectivity index is 1.62. The molecule has 9 heteroatoms. The van der Waals surface area contributed by atoms with Crippen LogP contribution in [0.5, 0.6) is 5.75 Å². The summed E-state index contributed by atoms with van der Waals surface area (Å²) in [6.07, 6.45) is 1.99. The van der Waals surface area contributed by atoms with Crippen LogP contribution in [0, 0.1) is 0 Å². The van der Waals surface area contributed by atoms with E-state index in [2.05, 4.69) is 25.1 Å². The summed E-state index contributed by atoms with van der Waals surface area (Å²) in [4.78, 5) is 8.60. The second-order valence-corrected chi connectivity index (χ2v) is 5.93. The molecule has 0 saturated heterocycles. The molecule has 0 amide bonds. The Morgan fingerprint density at radius 2 is 1.96 bits per heavy atom. The van der Waals surface area contributed by atoms with Gasteiger partial charge in [-0.05, 0) is 35.4 Å². The van der Waals surface area contributed by atoms with Crippen molar-refractivity contribution in [1.82, 2.24) is 19.6 Å². The zero-order chi connectivity index (χ0) is 19.6. The van der Waals surface area contributed by atoms with Crippen molar-refractivity contribution in [2.75, 3.05) is 5.32 Å². The van der Waals surface area contributed by atoms with E-state index in [4.69, 9.17) is 0 Å². The number of pyridine rings is 1. The predicted octanol–water partition coefficient (Wildman–Crippen LogP) is 4.30. The third kappa shape index (κ3) is 4.03. The lowest BCUT2D eigenvalue weighted by molar-refractivity contribution is -0.274. The van der Waals surface area contributed by atoms with Gasteiger partial charge in [0.1, 0.15) is 11.6 Å². The topological polar surface area (TPSA) is 64.3 Å². The number of benzene rings is 1. The van der Waals surface area contributed by atoms with Gasteiger partial charge in [-0.15, -0.1) is 13.2 Å². The molecule has 0 aliphatic rings. The van der Waals surface area contributed by atoms with Gasteiger partial charge in [0, 0.05) is 30.7 Å². The Morgan fingerprint density at radius 3 is 2.75 bits per heavy atom. The molecule has 0 atom stereocenters. The molecular weight excluding hydrogens is 371 g/mol. The van der Waals surface area contributed by atoms with Crippen LogP contribution in [0.2, 0.25) is 0 Å². The summed E-state index contributed by atoms with van der Waals surface area (Å²) in [6.45, 7) is 0.537. The second-order valence-electron chi connectivity index (χ2n) is 5.93. The highest BCUT2D eigenvalue weighted by Gasteiger charge is 2.31. The van der Waals surface area contributed by atoms with Gasteiger partial charge in [0.25, 0.3) is 0 Å². The van der Waals surface area contributed by atoms with Crippen LogP contribution in [0.15, 0.2) is 67.3 Å². The fourth-order valence-electron chi connectivity index (χ4n) is 2.73. The average molecular weight is 385 g/mol. The summed E-state index contributed by atoms with van der Waals surface area (Å²) in [5.41, 5.74) is 2.63. The molecule has 0 bridgehead atoms. The van der Waals surface area contributed by atoms with Gasteiger partial charge >= 0.3 is 6.36 Å². The van der Waals surface area contributed by atoms with Crippen molar-refractivity contribution in [2.24, 2.45) is 0 Å². The average Bonchev–Trinajstić information content (AvgIpc) is 3.09. The molecule has 0 spiro atoms. The van der Waals surface area contributed by atoms with E-state index in [0.717, 1.165) is 5.56 Å². The number of hydrogen-bond donors (Lipinski definition) is 1. The highest BCUT2D eigenvalue weighted by molar-refractivity contribution is 5.78. The first-order valence-electron chi connectivity index (χ1n) is 8.31. The lowest BCUT2D eigenvalue weighted by Crippen LogP contribution is -2.17. The van der Waals surface area contributed by atoms with Crippen LogP contribution in [0.3, 0.4) is 0 Å². The van der Waals surface area contributed by atoms with E-state index in [1.165, 1.54) is 18.2 Å². The fraction of sp³-hybridized carbons (Fsp3) is 0.105. The molecule has 0 unspecified atom stereocenters. The van der Waals surface area contributed by atoms with Crippen LogP contribution in [-0.2, 0) is 6.54 Å². The summed E-state index contributed by atoms with van der Waals surface area (Å²) in [7, 11) is 0. The number of halogens is 3. The number of hydrogen-bond acceptors (Lipinski definition) is 5. The number of nitrogens with one attached hydrogen (secondary N) is 1. The Morgan fingerprint density at radius 1 is 1.07 bits per heavy atom. The van der Waals surface area contributed by atoms with Gasteiger partial charge in [0.05, 0.1) is 6.20 Å². The monoisotopic (exact) mass is 385 g/mol. The molecule has 0 saturated carbocycles. The number of alkyl halides is 3. The second kappa shape index (κ2) is 7.18. The predicted molar refractivity (Wildman–Crippen MR) is 96.7 cm³/mol. The number of anilines is 1. The van der Waals surface area contributed by atoms with Gasteiger partial charge in [-0.3, -0.25) is 4.98 Å². The Kier molecular flexibility index (Phi) is 4.56. The molecule has 1 N–H and O–H groups in total. The van der Waals surface area contributed by atoms with Crippen LogP contribution in [0.1, 0.15) is 5.56 Å². The molecule has 4 aromatic rings. The lowest BCUT2D eigenvalue weighted by Gasteiger charge is -2.10. The summed E-state index contributed by atoms with van der Waals surface area (Å²) < 4.78 is 43.0. The first-order chi connectivity index (χ1) is 13.5. The first kappa shape index (κ1) is 17.8. The summed E-state index contributed by atoms with van der Waals surface area (Å²) >= 11 is 0. The smallest absolute Gasteiger partial charge is 0.406 e. The van der Waals surface area contributed by atoms with Crippen molar-refractivity contribution < 1.29 is 17.9 Å². The SMILES string of the molecule is FC(F)(F)Oc1cccc(-c2cnn3ccc(NCc4cccnc4)nc23)c1. The minimum atomic E-state index is -4.75. The quantitative estimate of drug-likeness (QED) is 0.555. The number of aromatic nitrogens is 4. The molecule has 0 aliphatic carbocycles. The van der Waals surface area contributed by atoms with E-state index < -0.39 is 6.36 Å². The molecule has 1 aromatic carbocycles. The van der Waals surface area contributed by atoms with Crippen LogP contribution >= 0.6 is 0 Å². The maximum Gasteiger partial charge on any atom is 0.573 e. The molecular formula is C19H14F3N5O. The lowest BCUT2D eigenvalue weighted by atomic mass is 10.1. The zero-order valence-corrected chi connectivity index (χ0v) is 14.4. The number of rotatable bonds is 5. The van der Waals surface area contributed by atoms with E-state index in [9.17, 15) is 13.2 Å². The standard InChI is InChI=1S/C19H14F3N5O/c20-19(21,22)28-15-5-1-4-14(9-15)16-12-25-27-8-6-17(26-18(16)27)24-11-13-3-2-7-23-10-13/h1-10,12H,11H2,(H,24,26). The molecule has 3 aromatic heterocycles. The van der Waals surface area contributed by atoms with Gasteiger partial charge in [0.15, 0.2) is 5.65 Å². The molecule has 0 aliphatic heterocycles. The van der Waals surface area contributed by atoms with Gasteiger partial charge in [0.2, 0.25) is 0 Å². The summed E-state index contributed by atoms with van der Waals surface area (Å²) in [5, 5.41) is 7.41. The molecule has 142 valence electrons. The van der Waals surface area contributed by atoms with Crippen molar-refractivity contribution in [2.45, 2.75) is 12.9 Å². The summed E-state index contributed by atoms with van der Waals surface area (Å²) in [6, 6.07) is 11.3. The Bertz CT molecular complexity index is 1100. The molecule has 28 heavy (non-hydrogen) atoms. The fourth-order valence-corrected chi connectivity index (χ4v) is 2.73. The Labute approximate surface area is 157 Å². The van der Waals surface area contributed by atoms with E-state index >= 15 is 0 Å². The zero-order valence-electron chi connectivity index (χ0n) is 14.4. The molecule has 4 rings (SSSR count). The number of ether oxygens (including phenoxy) is 1.